The second kappa shape index (κ2) is 5.95. The van der Waals surface area contributed by atoms with Gasteiger partial charge in [-0.05, 0) is 50.8 Å². The van der Waals surface area contributed by atoms with Gasteiger partial charge in [-0.15, -0.1) is 0 Å². The first kappa shape index (κ1) is 15.7. The molecule has 4 rings (SSSR count). The third-order valence-electron chi connectivity index (χ3n) is 4.89. The van der Waals surface area contributed by atoms with Crippen molar-refractivity contribution in [2.75, 3.05) is 11.9 Å². The van der Waals surface area contributed by atoms with Gasteiger partial charge in [0.2, 0.25) is 0 Å². The molecule has 1 aliphatic carbocycles. The Labute approximate surface area is 146 Å². The van der Waals surface area contributed by atoms with Crippen molar-refractivity contribution in [2.45, 2.75) is 32.7 Å². The summed E-state index contributed by atoms with van der Waals surface area (Å²) in [6.45, 7) is 4.09. The molecule has 1 saturated carbocycles. The zero-order chi connectivity index (χ0) is 17.6. The molecule has 3 aromatic heterocycles. The summed E-state index contributed by atoms with van der Waals surface area (Å²) in [4.78, 5) is 23.2. The quantitative estimate of drug-likeness (QED) is 0.733. The lowest BCUT2D eigenvalue weighted by molar-refractivity contribution is 0.0992. The Morgan fingerprint density at radius 1 is 1.32 bits per heavy atom. The van der Waals surface area contributed by atoms with E-state index < -0.39 is 0 Å². The lowest BCUT2D eigenvalue weighted by Crippen LogP contribution is -2.27. The second-order valence-electron chi connectivity index (χ2n) is 6.81. The molecule has 3 heterocycles. The molecule has 0 saturated heterocycles. The molecule has 25 heavy (non-hydrogen) atoms. The van der Waals surface area contributed by atoms with Crippen LogP contribution < -0.4 is 4.90 Å². The number of aromatic nitrogens is 4. The number of hydrogen-bond donors (Lipinski definition) is 0. The van der Waals surface area contributed by atoms with Crippen molar-refractivity contribution in [2.24, 2.45) is 5.92 Å². The summed E-state index contributed by atoms with van der Waals surface area (Å²) in [5, 5.41) is 5.38. The molecular formula is C19H21N5O. The molecule has 6 heteroatoms. The Morgan fingerprint density at radius 2 is 2.12 bits per heavy atom. The van der Waals surface area contributed by atoms with Crippen molar-refractivity contribution in [1.82, 2.24) is 19.7 Å². The lowest BCUT2D eigenvalue weighted by atomic mass is 10.2. The number of anilines is 1. The van der Waals surface area contributed by atoms with Crippen molar-refractivity contribution >= 4 is 22.8 Å². The first-order valence-corrected chi connectivity index (χ1v) is 8.59. The van der Waals surface area contributed by atoms with Crippen molar-refractivity contribution in [3.05, 3.63) is 47.9 Å². The highest BCUT2D eigenvalue weighted by molar-refractivity contribution is 6.06. The van der Waals surface area contributed by atoms with Crippen LogP contribution in [0.2, 0.25) is 0 Å². The van der Waals surface area contributed by atoms with Crippen LogP contribution >= 0.6 is 0 Å². The number of pyridine rings is 2. The number of amides is 1. The van der Waals surface area contributed by atoms with Crippen LogP contribution in [0.15, 0.2) is 36.7 Å². The topological polar surface area (TPSA) is 63.9 Å². The second-order valence-corrected chi connectivity index (χ2v) is 6.81. The summed E-state index contributed by atoms with van der Waals surface area (Å²) in [5.41, 5.74) is 2.25. The van der Waals surface area contributed by atoms with Crippen molar-refractivity contribution < 1.29 is 4.79 Å². The van der Waals surface area contributed by atoms with Gasteiger partial charge in [0.05, 0.1) is 17.8 Å². The molecule has 1 aliphatic rings. The van der Waals surface area contributed by atoms with Crippen LogP contribution in [0.4, 0.5) is 5.82 Å². The molecule has 1 unspecified atom stereocenters. The summed E-state index contributed by atoms with van der Waals surface area (Å²) in [6.07, 6.45) is 5.94. The largest absolute Gasteiger partial charge is 0.296 e. The Balaban J connectivity index is 1.64. The maximum atomic E-state index is 12.8. The van der Waals surface area contributed by atoms with E-state index in [0.29, 0.717) is 23.3 Å². The van der Waals surface area contributed by atoms with E-state index >= 15 is 0 Å². The Hall–Kier alpha value is -2.76. The standard InChI is InChI=1S/C19H21N5O/c1-12-5-4-6-17(22-12)23(3)19(25)16-9-15-11-21-24(18(15)20-10-16)13(2)14-7-8-14/h4-6,9-11,13-14H,7-8H2,1-3H3. The lowest BCUT2D eigenvalue weighted by Gasteiger charge is -2.16. The third-order valence-corrected chi connectivity index (χ3v) is 4.89. The maximum Gasteiger partial charge on any atom is 0.260 e. The van der Waals surface area contributed by atoms with Gasteiger partial charge >= 0.3 is 0 Å². The van der Waals surface area contributed by atoms with E-state index in [9.17, 15) is 4.79 Å². The molecule has 6 nitrogen and oxygen atoms in total. The predicted molar refractivity (Wildman–Crippen MR) is 96.7 cm³/mol. The van der Waals surface area contributed by atoms with Gasteiger partial charge < -0.3 is 0 Å². The monoisotopic (exact) mass is 335 g/mol. The molecule has 1 amide bonds. The van der Waals surface area contributed by atoms with Crippen LogP contribution in [0.25, 0.3) is 11.0 Å². The maximum absolute atomic E-state index is 12.8. The fourth-order valence-corrected chi connectivity index (χ4v) is 3.15. The Bertz CT molecular complexity index is 944. The number of fused-ring (bicyclic) bond motifs is 1. The molecule has 1 fully saturated rings. The molecule has 1 atom stereocenters. The number of nitrogens with zero attached hydrogens (tertiary/aromatic N) is 5. The molecule has 0 spiro atoms. The number of carbonyl (C=O) groups is 1. The molecule has 0 N–H and O–H groups in total. The fraction of sp³-hybridized carbons (Fsp3) is 0.368. The van der Waals surface area contributed by atoms with Gasteiger partial charge in [0.25, 0.3) is 5.91 Å². The van der Waals surface area contributed by atoms with Gasteiger partial charge in [0.15, 0.2) is 5.65 Å². The van der Waals surface area contributed by atoms with E-state index in [4.69, 9.17) is 0 Å². The average Bonchev–Trinajstić information content (AvgIpc) is 3.39. The van der Waals surface area contributed by atoms with E-state index in [1.165, 1.54) is 12.8 Å². The normalized spacial score (nSPS) is 15.3. The number of carbonyl (C=O) groups excluding carboxylic acids is 1. The van der Waals surface area contributed by atoms with Crippen LogP contribution in [0.5, 0.6) is 0 Å². The summed E-state index contributed by atoms with van der Waals surface area (Å²) in [6, 6.07) is 7.84. The van der Waals surface area contributed by atoms with Crippen LogP contribution in [0.3, 0.4) is 0 Å². The smallest absolute Gasteiger partial charge is 0.260 e. The van der Waals surface area contributed by atoms with Gasteiger partial charge in [0.1, 0.15) is 5.82 Å². The SMILES string of the molecule is Cc1cccc(N(C)C(=O)c2cnc3c(cnn3C(C)C3CC3)c2)n1. The van der Waals surface area contributed by atoms with Gasteiger partial charge in [-0.3, -0.25) is 9.69 Å². The van der Waals surface area contributed by atoms with Crippen molar-refractivity contribution in [3.8, 4) is 0 Å². The molecule has 3 aromatic rings. The van der Waals surface area contributed by atoms with Crippen LogP contribution in [0, 0.1) is 12.8 Å². The average molecular weight is 335 g/mol. The highest BCUT2D eigenvalue weighted by atomic mass is 16.2. The van der Waals surface area contributed by atoms with Crippen molar-refractivity contribution in [1.29, 1.82) is 0 Å². The van der Waals surface area contributed by atoms with E-state index in [2.05, 4.69) is 22.0 Å². The zero-order valence-corrected chi connectivity index (χ0v) is 14.7. The predicted octanol–water partition coefficient (Wildman–Crippen LogP) is 3.38. The minimum Gasteiger partial charge on any atom is -0.296 e. The van der Waals surface area contributed by atoms with E-state index in [0.717, 1.165) is 16.7 Å². The molecule has 128 valence electrons. The Morgan fingerprint density at radius 3 is 2.84 bits per heavy atom. The van der Waals surface area contributed by atoms with Gasteiger partial charge in [-0.1, -0.05) is 6.07 Å². The van der Waals surface area contributed by atoms with Crippen molar-refractivity contribution in [3.63, 3.8) is 0 Å². The minimum absolute atomic E-state index is 0.129. The highest BCUT2D eigenvalue weighted by Gasteiger charge is 2.30. The van der Waals surface area contributed by atoms with Crippen LogP contribution in [0.1, 0.15) is 41.9 Å². The zero-order valence-electron chi connectivity index (χ0n) is 14.7. The third kappa shape index (κ3) is 2.88. The summed E-state index contributed by atoms with van der Waals surface area (Å²) in [5.74, 6) is 1.20. The van der Waals surface area contributed by atoms with E-state index in [-0.39, 0.29) is 5.91 Å². The number of aryl methyl sites for hydroxylation is 1. The first-order chi connectivity index (χ1) is 12.0. The summed E-state index contributed by atoms with van der Waals surface area (Å²) in [7, 11) is 1.73. The minimum atomic E-state index is -0.129. The molecule has 0 bridgehead atoms. The molecule has 0 radical (unpaired) electrons. The highest BCUT2D eigenvalue weighted by Crippen LogP contribution is 2.39. The number of rotatable bonds is 4. The molecule has 0 aromatic carbocycles. The van der Waals surface area contributed by atoms with Gasteiger partial charge in [-0.25, -0.2) is 14.6 Å². The molecule has 0 aliphatic heterocycles. The molecular weight excluding hydrogens is 314 g/mol. The fourth-order valence-electron chi connectivity index (χ4n) is 3.15. The van der Waals surface area contributed by atoms with E-state index in [1.54, 1.807) is 24.3 Å². The number of hydrogen-bond acceptors (Lipinski definition) is 4. The van der Waals surface area contributed by atoms with Crippen LogP contribution in [-0.2, 0) is 0 Å². The van der Waals surface area contributed by atoms with Gasteiger partial charge in [-0.2, -0.15) is 5.10 Å². The van der Waals surface area contributed by atoms with E-state index in [1.807, 2.05) is 35.9 Å². The summed E-state index contributed by atoms with van der Waals surface area (Å²) >= 11 is 0. The summed E-state index contributed by atoms with van der Waals surface area (Å²) < 4.78 is 1.98. The first-order valence-electron chi connectivity index (χ1n) is 8.59. The van der Waals surface area contributed by atoms with Crippen LogP contribution in [-0.4, -0.2) is 32.7 Å². The Kier molecular flexibility index (Phi) is 3.75. The van der Waals surface area contributed by atoms with Gasteiger partial charge in [0, 0.05) is 24.3 Å².